The molecule has 3 unspecified atom stereocenters. The Labute approximate surface area is 125 Å². The number of rotatable bonds is 7. The van der Waals surface area contributed by atoms with Crippen LogP contribution in [0, 0.1) is 0 Å². The fourth-order valence-electron chi connectivity index (χ4n) is 2.53. The quantitative estimate of drug-likeness (QED) is 0.633. The molecule has 1 aliphatic heterocycles. The lowest BCUT2D eigenvalue weighted by Crippen LogP contribution is -2.46. The molecular weight excluding hydrogens is 274 g/mol. The number of nitrogens with zero attached hydrogens (tertiary/aromatic N) is 1. The molecule has 0 aromatic heterocycles. The monoisotopic (exact) mass is 299 g/mol. The van der Waals surface area contributed by atoms with Crippen LogP contribution in [0.4, 0.5) is 4.79 Å². The standard InChI is InChI=1S/C14H25N3O4/c1-9(17(2)10-3-4-10)7-15-14(20)16-8-11-5-6-12(21-11)13(18)19/h9-12H,3-8H2,1-2H3,(H,18,19)(H2,15,16,20). The number of carbonyl (C=O) groups is 2. The van der Waals surface area contributed by atoms with Crippen molar-refractivity contribution in [3.05, 3.63) is 0 Å². The molecule has 120 valence electrons. The molecule has 0 spiro atoms. The Morgan fingerprint density at radius 2 is 2.00 bits per heavy atom. The summed E-state index contributed by atoms with van der Waals surface area (Å²) in [5, 5.41) is 14.4. The minimum atomic E-state index is -0.932. The molecule has 3 N–H and O–H groups in total. The molecule has 0 radical (unpaired) electrons. The number of likely N-dealkylation sites (N-methyl/N-ethyl adjacent to an activating group) is 1. The molecule has 21 heavy (non-hydrogen) atoms. The second kappa shape index (κ2) is 7.09. The first-order chi connectivity index (χ1) is 9.97. The van der Waals surface area contributed by atoms with E-state index in [1.807, 2.05) is 0 Å². The number of hydrogen-bond acceptors (Lipinski definition) is 4. The Morgan fingerprint density at radius 3 is 2.57 bits per heavy atom. The van der Waals surface area contributed by atoms with Crippen LogP contribution >= 0.6 is 0 Å². The summed E-state index contributed by atoms with van der Waals surface area (Å²) < 4.78 is 5.33. The van der Waals surface area contributed by atoms with Crippen molar-refractivity contribution < 1.29 is 19.4 Å². The number of carboxylic acids is 1. The van der Waals surface area contributed by atoms with Crippen LogP contribution in [0.3, 0.4) is 0 Å². The van der Waals surface area contributed by atoms with Crippen LogP contribution in [0.2, 0.25) is 0 Å². The van der Waals surface area contributed by atoms with Gasteiger partial charge in [0.1, 0.15) is 0 Å². The average molecular weight is 299 g/mol. The van der Waals surface area contributed by atoms with Gasteiger partial charge in [0.2, 0.25) is 0 Å². The third kappa shape index (κ3) is 4.86. The predicted molar refractivity (Wildman–Crippen MR) is 77.2 cm³/mol. The van der Waals surface area contributed by atoms with Crippen LogP contribution in [0.15, 0.2) is 0 Å². The van der Waals surface area contributed by atoms with E-state index >= 15 is 0 Å². The molecule has 1 aliphatic carbocycles. The second-order valence-electron chi connectivity index (χ2n) is 6.00. The van der Waals surface area contributed by atoms with Crippen molar-refractivity contribution in [3.8, 4) is 0 Å². The van der Waals surface area contributed by atoms with Crippen molar-refractivity contribution in [1.82, 2.24) is 15.5 Å². The van der Waals surface area contributed by atoms with E-state index in [9.17, 15) is 9.59 Å². The Hall–Kier alpha value is -1.34. The van der Waals surface area contributed by atoms with Crippen LogP contribution in [0.25, 0.3) is 0 Å². The zero-order valence-electron chi connectivity index (χ0n) is 12.7. The maximum Gasteiger partial charge on any atom is 0.332 e. The van der Waals surface area contributed by atoms with Gasteiger partial charge in [0.15, 0.2) is 6.10 Å². The van der Waals surface area contributed by atoms with Gasteiger partial charge in [-0.15, -0.1) is 0 Å². The lowest BCUT2D eigenvalue weighted by atomic mass is 10.2. The fraction of sp³-hybridized carbons (Fsp3) is 0.857. The van der Waals surface area contributed by atoms with Gasteiger partial charge in [0.05, 0.1) is 6.10 Å². The maximum absolute atomic E-state index is 11.7. The molecule has 3 atom stereocenters. The van der Waals surface area contributed by atoms with Gasteiger partial charge in [-0.05, 0) is 39.7 Å². The highest BCUT2D eigenvalue weighted by atomic mass is 16.5. The minimum absolute atomic E-state index is 0.205. The molecule has 2 rings (SSSR count). The van der Waals surface area contributed by atoms with Gasteiger partial charge < -0.3 is 20.5 Å². The molecule has 2 amide bonds. The highest BCUT2D eigenvalue weighted by Crippen LogP contribution is 2.26. The van der Waals surface area contributed by atoms with E-state index in [1.54, 1.807) is 0 Å². The van der Waals surface area contributed by atoms with Gasteiger partial charge in [-0.25, -0.2) is 9.59 Å². The molecule has 2 aliphatic rings. The van der Waals surface area contributed by atoms with Crippen LogP contribution in [-0.2, 0) is 9.53 Å². The van der Waals surface area contributed by atoms with Gasteiger partial charge in [0, 0.05) is 25.2 Å². The van der Waals surface area contributed by atoms with Crippen LogP contribution in [-0.4, -0.2) is 66.4 Å². The largest absolute Gasteiger partial charge is 0.479 e. The highest BCUT2D eigenvalue weighted by molar-refractivity contribution is 5.74. The molecule has 1 heterocycles. The SMILES string of the molecule is CC(CNC(=O)NCC1CCC(C(=O)O)O1)N(C)C1CC1. The van der Waals surface area contributed by atoms with E-state index in [-0.39, 0.29) is 12.1 Å². The number of carbonyl (C=O) groups excluding carboxylic acids is 1. The summed E-state index contributed by atoms with van der Waals surface area (Å²) in [4.78, 5) is 24.8. The summed E-state index contributed by atoms with van der Waals surface area (Å²) >= 11 is 0. The van der Waals surface area contributed by atoms with Crippen molar-refractivity contribution in [3.63, 3.8) is 0 Å². The first-order valence-corrected chi connectivity index (χ1v) is 7.59. The zero-order chi connectivity index (χ0) is 15.4. The van der Waals surface area contributed by atoms with Crippen LogP contribution < -0.4 is 10.6 Å². The number of amides is 2. The molecule has 7 heteroatoms. The second-order valence-corrected chi connectivity index (χ2v) is 6.00. The molecule has 2 fully saturated rings. The first kappa shape index (κ1) is 16.0. The van der Waals surface area contributed by atoms with Crippen LogP contribution in [0.5, 0.6) is 0 Å². The number of ether oxygens (including phenoxy) is 1. The highest BCUT2D eigenvalue weighted by Gasteiger charge is 2.31. The maximum atomic E-state index is 11.7. The summed E-state index contributed by atoms with van der Waals surface area (Å²) in [7, 11) is 2.08. The van der Waals surface area contributed by atoms with Crippen LogP contribution in [0.1, 0.15) is 32.6 Å². The van der Waals surface area contributed by atoms with Crippen molar-refractivity contribution in [2.24, 2.45) is 0 Å². The summed E-state index contributed by atoms with van der Waals surface area (Å²) in [5.41, 5.74) is 0. The fourth-order valence-corrected chi connectivity index (χ4v) is 2.53. The number of carboxylic acid groups (broad SMARTS) is 1. The van der Waals surface area contributed by atoms with Crippen molar-refractivity contribution in [1.29, 1.82) is 0 Å². The number of urea groups is 1. The molecule has 0 aromatic carbocycles. The lowest BCUT2D eigenvalue weighted by Gasteiger charge is -2.24. The topological polar surface area (TPSA) is 90.9 Å². The van der Waals surface area contributed by atoms with Crippen molar-refractivity contribution >= 4 is 12.0 Å². The summed E-state index contributed by atoms with van der Waals surface area (Å²) in [5.74, 6) is -0.932. The summed E-state index contributed by atoms with van der Waals surface area (Å²) in [6.45, 7) is 3.04. The molecule has 7 nitrogen and oxygen atoms in total. The Bertz CT molecular complexity index is 386. The Kier molecular flexibility index (Phi) is 5.41. The van der Waals surface area contributed by atoms with E-state index in [4.69, 9.17) is 9.84 Å². The Morgan fingerprint density at radius 1 is 1.29 bits per heavy atom. The molecular formula is C14H25N3O4. The minimum Gasteiger partial charge on any atom is -0.479 e. The predicted octanol–water partition coefficient (Wildman–Crippen LogP) is 0.401. The van der Waals surface area contributed by atoms with Gasteiger partial charge in [0.25, 0.3) is 0 Å². The van der Waals surface area contributed by atoms with Gasteiger partial charge in [-0.3, -0.25) is 4.90 Å². The average Bonchev–Trinajstić information content (AvgIpc) is 3.19. The van der Waals surface area contributed by atoms with E-state index in [0.717, 1.165) is 0 Å². The third-order valence-corrected chi connectivity index (χ3v) is 4.25. The number of hydrogen-bond donors (Lipinski definition) is 3. The summed E-state index contributed by atoms with van der Waals surface area (Å²) in [6, 6.07) is 0.750. The van der Waals surface area contributed by atoms with Gasteiger partial charge >= 0.3 is 12.0 Å². The Balaban J connectivity index is 1.58. The lowest BCUT2D eigenvalue weighted by molar-refractivity contribution is -0.149. The molecule has 1 saturated heterocycles. The van der Waals surface area contributed by atoms with E-state index in [0.29, 0.717) is 38.0 Å². The van der Waals surface area contributed by atoms with E-state index in [2.05, 4.69) is 29.5 Å². The zero-order valence-corrected chi connectivity index (χ0v) is 12.7. The van der Waals surface area contributed by atoms with Gasteiger partial charge in [-0.2, -0.15) is 0 Å². The normalized spacial score (nSPS) is 26.6. The number of nitrogens with one attached hydrogen (secondary N) is 2. The summed E-state index contributed by atoms with van der Waals surface area (Å²) in [6.07, 6.45) is 2.73. The van der Waals surface area contributed by atoms with Crippen molar-refractivity contribution in [2.75, 3.05) is 20.1 Å². The van der Waals surface area contributed by atoms with E-state index < -0.39 is 12.1 Å². The first-order valence-electron chi connectivity index (χ1n) is 7.59. The smallest absolute Gasteiger partial charge is 0.332 e. The molecule has 0 aromatic rings. The molecule has 0 bridgehead atoms. The molecule has 1 saturated carbocycles. The van der Waals surface area contributed by atoms with Crippen molar-refractivity contribution in [2.45, 2.75) is 56.9 Å². The van der Waals surface area contributed by atoms with Gasteiger partial charge in [-0.1, -0.05) is 0 Å². The number of aliphatic carboxylic acids is 1. The third-order valence-electron chi connectivity index (χ3n) is 4.25. The van der Waals surface area contributed by atoms with E-state index in [1.165, 1.54) is 12.8 Å².